The van der Waals surface area contributed by atoms with Gasteiger partial charge in [-0.1, -0.05) is 36.4 Å². The van der Waals surface area contributed by atoms with E-state index in [9.17, 15) is 9.90 Å². The number of aliphatic hydroxyl groups is 1. The van der Waals surface area contributed by atoms with E-state index in [0.29, 0.717) is 6.54 Å². The van der Waals surface area contributed by atoms with Gasteiger partial charge >= 0.3 is 0 Å². The fourth-order valence-corrected chi connectivity index (χ4v) is 4.11. The number of fused-ring (bicyclic) bond motifs is 1. The number of benzene rings is 2. The number of anilines is 2. The van der Waals surface area contributed by atoms with Crippen LogP contribution in [0.15, 0.2) is 48.5 Å². The molecule has 0 aromatic heterocycles. The third kappa shape index (κ3) is 3.68. The molecule has 28 heavy (non-hydrogen) atoms. The molecule has 2 aliphatic rings. The fraction of sp³-hybridized carbons (Fsp3) is 0.348. The lowest BCUT2D eigenvalue weighted by molar-refractivity contribution is -0.116. The van der Waals surface area contributed by atoms with Crippen molar-refractivity contribution < 1.29 is 9.90 Å². The van der Waals surface area contributed by atoms with Crippen LogP contribution >= 0.6 is 0 Å². The molecule has 2 aromatic carbocycles. The maximum Gasteiger partial charge on any atom is 0.223 e. The van der Waals surface area contributed by atoms with Crippen molar-refractivity contribution in [3.8, 4) is 0 Å². The molecule has 0 atom stereocenters. The van der Waals surface area contributed by atoms with Crippen LogP contribution in [-0.4, -0.2) is 37.2 Å². The minimum atomic E-state index is 0.0381. The summed E-state index contributed by atoms with van der Waals surface area (Å²) in [6, 6.07) is 14.5. The third-order valence-corrected chi connectivity index (χ3v) is 5.67. The second kappa shape index (κ2) is 8.17. The standard InChI is InChI=1S/C23H27N3O2/c1-17(28)26-13-12-25(15-20-4-2-3-5-21(20)16-27)23-14-19(6-7-22(23)26)18-8-10-24-11-9-18/h2-8,14,24,27H,9-13,15-16H2,1H3. The first-order chi connectivity index (χ1) is 13.7. The summed E-state index contributed by atoms with van der Waals surface area (Å²) in [5.74, 6) is 0.0745. The van der Waals surface area contributed by atoms with E-state index in [1.807, 2.05) is 23.1 Å². The van der Waals surface area contributed by atoms with Gasteiger partial charge in [-0.3, -0.25) is 4.79 Å². The summed E-state index contributed by atoms with van der Waals surface area (Å²) < 4.78 is 0. The Labute approximate surface area is 166 Å². The summed E-state index contributed by atoms with van der Waals surface area (Å²) in [6.45, 7) is 5.74. The molecule has 0 radical (unpaired) electrons. The van der Waals surface area contributed by atoms with Crippen molar-refractivity contribution >= 4 is 22.9 Å². The lowest BCUT2D eigenvalue weighted by Gasteiger charge is -2.38. The smallest absolute Gasteiger partial charge is 0.223 e. The minimum Gasteiger partial charge on any atom is -0.392 e. The van der Waals surface area contributed by atoms with Crippen LogP contribution in [0, 0.1) is 0 Å². The average Bonchev–Trinajstić information content (AvgIpc) is 2.74. The summed E-state index contributed by atoms with van der Waals surface area (Å²) in [4.78, 5) is 16.4. The highest BCUT2D eigenvalue weighted by atomic mass is 16.3. The van der Waals surface area contributed by atoms with Gasteiger partial charge in [0.1, 0.15) is 0 Å². The molecule has 146 valence electrons. The molecule has 0 aliphatic carbocycles. The van der Waals surface area contributed by atoms with Gasteiger partial charge in [-0.15, -0.1) is 0 Å². The van der Waals surface area contributed by atoms with E-state index in [-0.39, 0.29) is 12.5 Å². The highest BCUT2D eigenvalue weighted by Gasteiger charge is 2.26. The van der Waals surface area contributed by atoms with Crippen molar-refractivity contribution in [3.63, 3.8) is 0 Å². The van der Waals surface area contributed by atoms with Gasteiger partial charge in [-0.2, -0.15) is 0 Å². The molecule has 0 saturated heterocycles. The number of rotatable bonds is 4. The normalized spacial score (nSPS) is 16.6. The van der Waals surface area contributed by atoms with Crippen LogP contribution in [-0.2, 0) is 17.9 Å². The molecule has 4 rings (SSSR count). The Balaban J connectivity index is 1.72. The van der Waals surface area contributed by atoms with Crippen molar-refractivity contribution in [2.75, 3.05) is 36.0 Å². The van der Waals surface area contributed by atoms with Crippen LogP contribution in [0.25, 0.3) is 5.57 Å². The van der Waals surface area contributed by atoms with Gasteiger partial charge in [0.2, 0.25) is 5.91 Å². The zero-order chi connectivity index (χ0) is 19.5. The molecular formula is C23H27N3O2. The summed E-state index contributed by atoms with van der Waals surface area (Å²) in [7, 11) is 0. The molecule has 0 bridgehead atoms. The molecule has 2 aromatic rings. The molecule has 0 fully saturated rings. The first-order valence-corrected chi connectivity index (χ1v) is 9.92. The van der Waals surface area contributed by atoms with Gasteiger partial charge in [0.15, 0.2) is 0 Å². The van der Waals surface area contributed by atoms with Gasteiger partial charge < -0.3 is 20.2 Å². The number of carbonyl (C=O) groups excluding carboxylic acids is 1. The highest BCUT2D eigenvalue weighted by molar-refractivity contribution is 5.97. The second-order valence-corrected chi connectivity index (χ2v) is 7.41. The van der Waals surface area contributed by atoms with Crippen LogP contribution in [0.3, 0.4) is 0 Å². The predicted molar refractivity (Wildman–Crippen MR) is 113 cm³/mol. The molecule has 2 aliphatic heterocycles. The van der Waals surface area contributed by atoms with E-state index in [4.69, 9.17) is 0 Å². The van der Waals surface area contributed by atoms with Crippen LogP contribution < -0.4 is 15.1 Å². The number of nitrogens with one attached hydrogen (secondary N) is 1. The van der Waals surface area contributed by atoms with Crippen molar-refractivity contribution in [2.24, 2.45) is 0 Å². The zero-order valence-electron chi connectivity index (χ0n) is 16.3. The lowest BCUT2D eigenvalue weighted by Crippen LogP contribution is -2.43. The molecule has 0 spiro atoms. The summed E-state index contributed by atoms with van der Waals surface area (Å²) in [5, 5.41) is 13.0. The van der Waals surface area contributed by atoms with Crippen molar-refractivity contribution in [3.05, 3.63) is 65.2 Å². The van der Waals surface area contributed by atoms with E-state index < -0.39 is 0 Å². The largest absolute Gasteiger partial charge is 0.392 e. The number of nitrogens with zero attached hydrogens (tertiary/aromatic N) is 2. The quantitative estimate of drug-likeness (QED) is 0.860. The fourth-order valence-electron chi connectivity index (χ4n) is 4.11. The third-order valence-electron chi connectivity index (χ3n) is 5.67. The minimum absolute atomic E-state index is 0.0381. The summed E-state index contributed by atoms with van der Waals surface area (Å²) in [5.41, 5.74) is 6.72. The Morgan fingerprint density at radius 3 is 2.64 bits per heavy atom. The number of aliphatic hydroxyl groups excluding tert-OH is 1. The Morgan fingerprint density at radius 1 is 1.11 bits per heavy atom. The number of hydrogen-bond acceptors (Lipinski definition) is 4. The predicted octanol–water partition coefficient (Wildman–Crippen LogP) is 2.93. The lowest BCUT2D eigenvalue weighted by atomic mass is 9.97. The van der Waals surface area contributed by atoms with Gasteiger partial charge in [-0.25, -0.2) is 0 Å². The van der Waals surface area contributed by atoms with Crippen molar-refractivity contribution in [2.45, 2.75) is 26.5 Å². The number of carbonyl (C=O) groups is 1. The maximum absolute atomic E-state index is 12.2. The summed E-state index contributed by atoms with van der Waals surface area (Å²) in [6.07, 6.45) is 3.27. The monoisotopic (exact) mass is 377 g/mol. The molecule has 0 unspecified atom stereocenters. The molecular weight excluding hydrogens is 350 g/mol. The van der Waals surface area contributed by atoms with E-state index >= 15 is 0 Å². The molecule has 5 heteroatoms. The number of amides is 1. The average molecular weight is 377 g/mol. The molecule has 2 N–H and O–H groups in total. The maximum atomic E-state index is 12.2. The Bertz CT molecular complexity index is 906. The Kier molecular flexibility index (Phi) is 5.46. The van der Waals surface area contributed by atoms with Crippen LogP contribution in [0.4, 0.5) is 11.4 Å². The Hall–Kier alpha value is -2.63. The molecule has 0 saturated carbocycles. The van der Waals surface area contributed by atoms with E-state index in [1.54, 1.807) is 6.92 Å². The van der Waals surface area contributed by atoms with Gasteiger partial charge in [0.25, 0.3) is 0 Å². The zero-order valence-corrected chi connectivity index (χ0v) is 16.3. The van der Waals surface area contributed by atoms with Crippen molar-refractivity contribution in [1.82, 2.24) is 5.32 Å². The first kappa shape index (κ1) is 18.7. The van der Waals surface area contributed by atoms with Crippen LogP contribution in [0.2, 0.25) is 0 Å². The summed E-state index contributed by atoms with van der Waals surface area (Å²) >= 11 is 0. The highest BCUT2D eigenvalue weighted by Crippen LogP contribution is 2.37. The SMILES string of the molecule is CC(=O)N1CCN(Cc2ccccc2CO)c2cc(C3=CCNCC3)ccc21. The molecule has 1 amide bonds. The van der Waals surface area contributed by atoms with Gasteiger partial charge in [0, 0.05) is 33.1 Å². The van der Waals surface area contributed by atoms with Crippen molar-refractivity contribution in [1.29, 1.82) is 0 Å². The van der Waals surface area contributed by atoms with E-state index in [2.05, 4.69) is 40.6 Å². The van der Waals surface area contributed by atoms with E-state index in [0.717, 1.165) is 55.1 Å². The molecule has 5 nitrogen and oxygen atoms in total. The topological polar surface area (TPSA) is 55.8 Å². The van der Waals surface area contributed by atoms with Gasteiger partial charge in [0.05, 0.1) is 18.0 Å². The number of hydrogen-bond donors (Lipinski definition) is 2. The van der Waals surface area contributed by atoms with Crippen LogP contribution in [0.1, 0.15) is 30.0 Å². The first-order valence-electron chi connectivity index (χ1n) is 9.92. The Morgan fingerprint density at radius 2 is 1.93 bits per heavy atom. The molecule has 2 heterocycles. The van der Waals surface area contributed by atoms with E-state index in [1.165, 1.54) is 11.1 Å². The second-order valence-electron chi connectivity index (χ2n) is 7.41. The van der Waals surface area contributed by atoms with Crippen LogP contribution in [0.5, 0.6) is 0 Å². The van der Waals surface area contributed by atoms with Gasteiger partial charge in [-0.05, 0) is 47.4 Å².